The molecule has 1 aromatic carbocycles. The van der Waals surface area contributed by atoms with Gasteiger partial charge in [-0.3, -0.25) is 14.5 Å². The number of likely N-dealkylation sites (tertiary alicyclic amines) is 1. The Morgan fingerprint density at radius 1 is 1.37 bits per heavy atom. The number of halogens is 1. The number of amides is 2. The number of rotatable bonds is 4. The quantitative estimate of drug-likeness (QED) is 0.853. The molecule has 1 fully saturated rings. The minimum absolute atomic E-state index is 0.120. The molecule has 1 aromatic rings. The molecule has 4 nitrogen and oxygen atoms in total. The summed E-state index contributed by atoms with van der Waals surface area (Å²) in [4.78, 5) is 24.4. The Labute approximate surface area is 117 Å². The van der Waals surface area contributed by atoms with Crippen molar-refractivity contribution < 1.29 is 9.59 Å². The van der Waals surface area contributed by atoms with Crippen LogP contribution in [-0.4, -0.2) is 35.8 Å². The van der Waals surface area contributed by atoms with Crippen molar-refractivity contribution in [3.8, 4) is 0 Å². The minimum atomic E-state index is -0.389. The van der Waals surface area contributed by atoms with Crippen molar-refractivity contribution in [3.63, 3.8) is 0 Å². The molecule has 2 amide bonds. The molecular formula is C14H17ClN2O2. The van der Waals surface area contributed by atoms with E-state index in [2.05, 4.69) is 5.32 Å². The second-order valence-electron chi connectivity index (χ2n) is 4.95. The lowest BCUT2D eigenvalue weighted by Crippen LogP contribution is -2.42. The zero-order valence-electron chi connectivity index (χ0n) is 11.0. The molecule has 1 saturated heterocycles. The smallest absolute Gasteiger partial charge is 0.246 e. The Morgan fingerprint density at radius 3 is 2.53 bits per heavy atom. The van der Waals surface area contributed by atoms with E-state index in [1.165, 1.54) is 11.9 Å². The third-order valence-electron chi connectivity index (χ3n) is 3.32. The van der Waals surface area contributed by atoms with E-state index in [1.807, 2.05) is 31.2 Å². The fraction of sp³-hybridized carbons (Fsp3) is 0.429. The maximum atomic E-state index is 11.8. The molecule has 0 aromatic heterocycles. The first-order valence-electron chi connectivity index (χ1n) is 6.28. The van der Waals surface area contributed by atoms with E-state index >= 15 is 0 Å². The Kier molecular flexibility index (Phi) is 4.22. The normalized spacial score (nSPS) is 21.0. The van der Waals surface area contributed by atoms with Gasteiger partial charge in [-0.2, -0.15) is 0 Å². The van der Waals surface area contributed by atoms with Crippen LogP contribution in [0.3, 0.4) is 0 Å². The predicted octanol–water partition coefficient (Wildman–Crippen LogP) is 1.62. The molecule has 0 aliphatic carbocycles. The number of benzene rings is 1. The average molecular weight is 281 g/mol. The summed E-state index contributed by atoms with van der Waals surface area (Å²) in [6.07, 6.45) is 1.04. The summed E-state index contributed by atoms with van der Waals surface area (Å²) in [7, 11) is 1.52. The van der Waals surface area contributed by atoms with E-state index in [1.54, 1.807) is 0 Å². The molecule has 1 N–H and O–H groups in total. The molecule has 0 spiro atoms. The highest BCUT2D eigenvalue weighted by atomic mass is 35.5. The number of nitrogens with one attached hydrogen (secondary N) is 1. The molecule has 0 saturated carbocycles. The molecule has 1 aliphatic heterocycles. The highest BCUT2D eigenvalue weighted by Crippen LogP contribution is 2.14. The Balaban J connectivity index is 1.91. The monoisotopic (exact) mass is 280 g/mol. The maximum Gasteiger partial charge on any atom is 0.246 e. The first-order valence-corrected chi connectivity index (χ1v) is 6.66. The van der Waals surface area contributed by atoms with Crippen LogP contribution in [0, 0.1) is 0 Å². The Morgan fingerprint density at radius 2 is 2.00 bits per heavy atom. The highest BCUT2D eigenvalue weighted by molar-refractivity contribution is 6.30. The van der Waals surface area contributed by atoms with Gasteiger partial charge in [0, 0.05) is 18.1 Å². The summed E-state index contributed by atoms with van der Waals surface area (Å²) in [5.41, 5.74) is 1.15. The second kappa shape index (κ2) is 5.72. The number of carbonyl (C=O) groups is 2. The van der Waals surface area contributed by atoms with Gasteiger partial charge in [0.25, 0.3) is 0 Å². The standard InChI is InChI=1S/C14H17ClN2O2/c1-9(7-10-3-5-11(15)6-4-10)16-12-8-13(18)17(2)14(12)19/h3-6,9,12,16H,7-8H2,1-2H3. The summed E-state index contributed by atoms with van der Waals surface area (Å²) in [5, 5.41) is 3.92. The second-order valence-corrected chi connectivity index (χ2v) is 5.38. The Bertz CT molecular complexity index is 487. The largest absolute Gasteiger partial charge is 0.303 e. The van der Waals surface area contributed by atoms with Crippen LogP contribution < -0.4 is 5.32 Å². The molecule has 2 rings (SSSR count). The number of hydrogen-bond donors (Lipinski definition) is 1. The maximum absolute atomic E-state index is 11.8. The van der Waals surface area contributed by atoms with Gasteiger partial charge >= 0.3 is 0 Å². The van der Waals surface area contributed by atoms with Gasteiger partial charge in [0.15, 0.2) is 0 Å². The van der Waals surface area contributed by atoms with Crippen LogP contribution in [0.15, 0.2) is 24.3 Å². The zero-order valence-corrected chi connectivity index (χ0v) is 11.8. The van der Waals surface area contributed by atoms with Crippen LogP contribution in [0.2, 0.25) is 5.02 Å². The lowest BCUT2D eigenvalue weighted by atomic mass is 10.1. The first-order chi connectivity index (χ1) is 8.97. The summed E-state index contributed by atoms with van der Waals surface area (Å²) in [6.45, 7) is 2.00. The van der Waals surface area contributed by atoms with Gasteiger partial charge < -0.3 is 5.32 Å². The zero-order chi connectivity index (χ0) is 14.0. The number of carbonyl (C=O) groups excluding carboxylic acids is 2. The van der Waals surface area contributed by atoms with Crippen molar-refractivity contribution in [1.29, 1.82) is 0 Å². The summed E-state index contributed by atoms with van der Waals surface area (Å²) in [6, 6.07) is 7.36. The van der Waals surface area contributed by atoms with E-state index in [9.17, 15) is 9.59 Å². The predicted molar refractivity (Wildman–Crippen MR) is 73.9 cm³/mol. The van der Waals surface area contributed by atoms with Crippen molar-refractivity contribution in [2.45, 2.75) is 31.8 Å². The molecule has 102 valence electrons. The van der Waals surface area contributed by atoms with E-state index in [-0.39, 0.29) is 30.3 Å². The number of likely N-dealkylation sites (N-methyl/N-ethyl adjacent to an activating group) is 1. The van der Waals surface area contributed by atoms with Crippen LogP contribution in [0.25, 0.3) is 0 Å². The van der Waals surface area contributed by atoms with Gasteiger partial charge in [0.2, 0.25) is 11.8 Å². The van der Waals surface area contributed by atoms with Crippen LogP contribution >= 0.6 is 11.6 Å². The summed E-state index contributed by atoms with van der Waals surface area (Å²) >= 11 is 5.83. The van der Waals surface area contributed by atoms with Crippen LogP contribution in [0.1, 0.15) is 18.9 Å². The minimum Gasteiger partial charge on any atom is -0.303 e. The molecule has 0 radical (unpaired) electrons. The van der Waals surface area contributed by atoms with Gasteiger partial charge in [-0.1, -0.05) is 23.7 Å². The van der Waals surface area contributed by atoms with Gasteiger partial charge in [0.05, 0.1) is 12.5 Å². The van der Waals surface area contributed by atoms with Gasteiger partial charge in [-0.25, -0.2) is 0 Å². The van der Waals surface area contributed by atoms with Gasteiger partial charge in [0.1, 0.15) is 0 Å². The molecule has 5 heteroatoms. The topological polar surface area (TPSA) is 49.4 Å². The lowest BCUT2D eigenvalue weighted by Gasteiger charge is -2.18. The molecular weight excluding hydrogens is 264 g/mol. The van der Waals surface area contributed by atoms with E-state index in [0.717, 1.165) is 12.0 Å². The van der Waals surface area contributed by atoms with Crippen molar-refractivity contribution in [2.75, 3.05) is 7.05 Å². The van der Waals surface area contributed by atoms with Crippen LogP contribution in [0.4, 0.5) is 0 Å². The van der Waals surface area contributed by atoms with Crippen molar-refractivity contribution in [3.05, 3.63) is 34.9 Å². The fourth-order valence-corrected chi connectivity index (χ4v) is 2.39. The molecule has 19 heavy (non-hydrogen) atoms. The third kappa shape index (κ3) is 3.33. The van der Waals surface area contributed by atoms with Crippen LogP contribution in [-0.2, 0) is 16.0 Å². The average Bonchev–Trinajstić information content (AvgIpc) is 2.60. The van der Waals surface area contributed by atoms with Crippen LogP contribution in [0.5, 0.6) is 0 Å². The fourth-order valence-electron chi connectivity index (χ4n) is 2.26. The molecule has 2 unspecified atom stereocenters. The highest BCUT2D eigenvalue weighted by Gasteiger charge is 2.36. The van der Waals surface area contributed by atoms with E-state index < -0.39 is 0 Å². The lowest BCUT2D eigenvalue weighted by molar-refractivity contribution is -0.137. The van der Waals surface area contributed by atoms with Crippen molar-refractivity contribution in [2.24, 2.45) is 0 Å². The summed E-state index contributed by atoms with van der Waals surface area (Å²) < 4.78 is 0. The number of nitrogens with zero attached hydrogens (tertiary/aromatic N) is 1. The molecule has 1 heterocycles. The molecule has 0 bridgehead atoms. The Hall–Kier alpha value is -1.39. The molecule has 2 atom stereocenters. The number of imide groups is 1. The summed E-state index contributed by atoms with van der Waals surface area (Å²) in [5.74, 6) is -0.269. The van der Waals surface area contributed by atoms with Gasteiger partial charge in [-0.15, -0.1) is 0 Å². The van der Waals surface area contributed by atoms with Crippen molar-refractivity contribution >= 4 is 23.4 Å². The van der Waals surface area contributed by atoms with Gasteiger partial charge in [-0.05, 0) is 31.0 Å². The number of hydrogen-bond acceptors (Lipinski definition) is 3. The molecule has 1 aliphatic rings. The van der Waals surface area contributed by atoms with E-state index in [4.69, 9.17) is 11.6 Å². The van der Waals surface area contributed by atoms with Crippen molar-refractivity contribution in [1.82, 2.24) is 10.2 Å². The third-order valence-corrected chi connectivity index (χ3v) is 3.57. The van der Waals surface area contributed by atoms with E-state index in [0.29, 0.717) is 5.02 Å². The first kappa shape index (κ1) is 14.0. The SMILES string of the molecule is CC(Cc1ccc(Cl)cc1)NC1CC(=O)N(C)C1=O.